The average Bonchev–Trinajstić information content (AvgIpc) is 3.71. The van der Waals surface area contributed by atoms with Crippen LogP contribution >= 0.6 is 11.3 Å². The second kappa shape index (κ2) is 10.3. The van der Waals surface area contributed by atoms with E-state index in [4.69, 9.17) is 4.42 Å². The van der Waals surface area contributed by atoms with Crippen LogP contribution in [-0.4, -0.2) is 0 Å². The van der Waals surface area contributed by atoms with Crippen LogP contribution in [0, 0.1) is 0 Å². The van der Waals surface area contributed by atoms with Crippen LogP contribution in [0.5, 0.6) is 0 Å². The summed E-state index contributed by atoms with van der Waals surface area (Å²) < 4.78 is 9.18. The lowest BCUT2D eigenvalue weighted by molar-refractivity contribution is 0.669. The Morgan fingerprint density at radius 2 is 1.09 bits per heavy atom. The first-order valence-corrected chi connectivity index (χ1v) is 16.7. The van der Waals surface area contributed by atoms with Gasteiger partial charge >= 0.3 is 0 Å². The highest BCUT2D eigenvalue weighted by Gasteiger charge is 2.20. The number of thiophene rings is 1. The number of fused-ring (bicyclic) bond motifs is 9. The Labute approximate surface area is 275 Å². The van der Waals surface area contributed by atoms with Crippen molar-refractivity contribution in [3.63, 3.8) is 0 Å². The van der Waals surface area contributed by atoms with E-state index in [1.807, 2.05) is 17.4 Å². The zero-order valence-corrected chi connectivity index (χ0v) is 26.2. The largest absolute Gasteiger partial charge is 0.454 e. The Bertz CT molecular complexity index is 2810. The molecule has 0 fully saturated rings. The molecular weight excluding hydrogens is 591 g/mol. The van der Waals surface area contributed by atoms with Crippen molar-refractivity contribution in [1.29, 1.82) is 0 Å². The van der Waals surface area contributed by atoms with E-state index in [0.717, 1.165) is 39.0 Å². The van der Waals surface area contributed by atoms with Crippen LogP contribution in [-0.2, 0) is 0 Å². The minimum atomic E-state index is 0.883. The summed E-state index contributed by atoms with van der Waals surface area (Å²) in [7, 11) is 0. The molecule has 0 spiro atoms. The first-order chi connectivity index (χ1) is 23.3. The quantitative estimate of drug-likeness (QED) is 0.183. The molecule has 0 amide bonds. The van der Waals surface area contributed by atoms with E-state index in [1.54, 1.807) is 0 Å². The van der Waals surface area contributed by atoms with Gasteiger partial charge < -0.3 is 9.32 Å². The van der Waals surface area contributed by atoms with Crippen LogP contribution in [0.3, 0.4) is 0 Å². The second-order valence-corrected chi connectivity index (χ2v) is 13.2. The molecule has 220 valence electrons. The van der Waals surface area contributed by atoms with Crippen LogP contribution < -0.4 is 4.90 Å². The monoisotopic (exact) mass is 617 g/mol. The molecule has 0 radical (unpaired) electrons. The van der Waals surface area contributed by atoms with Crippen molar-refractivity contribution in [3.8, 4) is 11.1 Å². The second-order valence-electron chi connectivity index (χ2n) is 12.1. The molecule has 10 rings (SSSR count). The van der Waals surface area contributed by atoms with Crippen LogP contribution in [0.2, 0.25) is 0 Å². The number of rotatable bonds is 4. The van der Waals surface area contributed by atoms with Crippen molar-refractivity contribution >= 4 is 92.1 Å². The minimum Gasteiger partial charge on any atom is -0.454 e. The molecule has 2 aromatic heterocycles. The lowest BCUT2D eigenvalue weighted by atomic mass is 9.93. The zero-order valence-electron chi connectivity index (χ0n) is 25.4. The van der Waals surface area contributed by atoms with Crippen molar-refractivity contribution < 1.29 is 4.42 Å². The molecule has 8 aromatic carbocycles. The lowest BCUT2D eigenvalue weighted by Gasteiger charge is -2.26. The van der Waals surface area contributed by atoms with Gasteiger partial charge in [0.25, 0.3) is 0 Å². The molecule has 0 saturated carbocycles. The molecule has 0 unspecified atom stereocenters. The standard InChI is InChI=1S/C44H27NOS/c1-2-11-32-29(10-1)26-38(34-13-4-3-12-33(32)34)28-20-22-30(23-21-28)45(31-24-25-43-39(27-31)36-15-6-8-19-42(36)47-43)40-17-9-16-37-35-14-5-7-18-41(35)46-44(37)40/h1-27H. The van der Waals surface area contributed by atoms with Gasteiger partial charge in [0.2, 0.25) is 0 Å². The molecule has 0 saturated heterocycles. The van der Waals surface area contributed by atoms with Gasteiger partial charge in [-0.1, -0.05) is 109 Å². The minimum absolute atomic E-state index is 0.883. The smallest absolute Gasteiger partial charge is 0.159 e. The average molecular weight is 618 g/mol. The van der Waals surface area contributed by atoms with Crippen LogP contribution in [0.4, 0.5) is 17.1 Å². The SMILES string of the molecule is c1ccc2c(c1)cc(-c1ccc(N(c3ccc4sc5ccccc5c4c3)c3cccc4c3oc3ccccc34)cc1)c1ccccc12. The maximum absolute atomic E-state index is 6.59. The predicted molar refractivity (Wildman–Crippen MR) is 202 cm³/mol. The van der Waals surface area contributed by atoms with E-state index < -0.39 is 0 Å². The van der Waals surface area contributed by atoms with Crippen molar-refractivity contribution in [2.75, 3.05) is 4.90 Å². The van der Waals surface area contributed by atoms with Crippen LogP contribution in [0.15, 0.2) is 168 Å². The third-order valence-electron chi connectivity index (χ3n) is 9.45. The number of benzene rings is 8. The molecule has 0 bridgehead atoms. The fourth-order valence-corrected chi connectivity index (χ4v) is 8.36. The van der Waals surface area contributed by atoms with Crippen molar-refractivity contribution in [1.82, 2.24) is 0 Å². The predicted octanol–water partition coefficient (Wildman–Crippen LogP) is 13.4. The first kappa shape index (κ1) is 26.3. The molecule has 0 N–H and O–H groups in total. The van der Waals surface area contributed by atoms with Crippen LogP contribution in [0.1, 0.15) is 0 Å². The topological polar surface area (TPSA) is 16.4 Å². The van der Waals surface area contributed by atoms with E-state index in [0.29, 0.717) is 0 Å². The Morgan fingerprint density at radius 3 is 1.96 bits per heavy atom. The maximum Gasteiger partial charge on any atom is 0.159 e. The summed E-state index contributed by atoms with van der Waals surface area (Å²) in [5.41, 5.74) is 7.39. The molecule has 47 heavy (non-hydrogen) atoms. The number of nitrogens with zero attached hydrogens (tertiary/aromatic N) is 1. The van der Waals surface area contributed by atoms with E-state index in [-0.39, 0.29) is 0 Å². The maximum atomic E-state index is 6.59. The highest BCUT2D eigenvalue weighted by Crippen LogP contribution is 2.45. The van der Waals surface area contributed by atoms with Crippen molar-refractivity contribution in [2.24, 2.45) is 0 Å². The fraction of sp³-hybridized carbons (Fsp3) is 0. The normalized spacial score (nSPS) is 11.8. The molecular formula is C44H27NOS. The van der Waals surface area contributed by atoms with Gasteiger partial charge in [0.05, 0.1) is 5.69 Å². The zero-order chi connectivity index (χ0) is 30.9. The number of hydrogen-bond donors (Lipinski definition) is 0. The Morgan fingerprint density at radius 1 is 0.426 bits per heavy atom. The van der Waals surface area contributed by atoms with Gasteiger partial charge in [-0.2, -0.15) is 0 Å². The van der Waals surface area contributed by atoms with Crippen LogP contribution in [0.25, 0.3) is 74.8 Å². The summed E-state index contributed by atoms with van der Waals surface area (Å²) in [6, 6.07) is 59.0. The van der Waals surface area contributed by atoms with Gasteiger partial charge in [0.1, 0.15) is 5.58 Å². The van der Waals surface area contributed by atoms with Crippen molar-refractivity contribution in [3.05, 3.63) is 164 Å². The number of furan rings is 1. The summed E-state index contributed by atoms with van der Waals surface area (Å²) in [5, 5.41) is 9.87. The number of anilines is 3. The molecule has 2 heterocycles. The summed E-state index contributed by atoms with van der Waals surface area (Å²) >= 11 is 1.84. The number of para-hydroxylation sites is 2. The van der Waals surface area contributed by atoms with Gasteiger partial charge in [0.15, 0.2) is 5.58 Å². The summed E-state index contributed by atoms with van der Waals surface area (Å²) in [6.07, 6.45) is 0. The molecule has 10 aromatic rings. The Hall–Kier alpha value is -5.90. The molecule has 2 nitrogen and oxygen atoms in total. The molecule has 0 aliphatic carbocycles. The van der Waals surface area contributed by atoms with Gasteiger partial charge in [-0.05, 0) is 87.3 Å². The molecule has 0 aliphatic heterocycles. The number of hydrogen-bond acceptors (Lipinski definition) is 3. The lowest BCUT2D eigenvalue weighted by Crippen LogP contribution is -2.10. The van der Waals surface area contributed by atoms with Gasteiger partial charge in [-0.15, -0.1) is 11.3 Å². The molecule has 0 atom stereocenters. The highest BCUT2D eigenvalue weighted by molar-refractivity contribution is 7.25. The summed E-state index contributed by atoms with van der Waals surface area (Å²) in [5.74, 6) is 0. The van der Waals surface area contributed by atoms with Gasteiger partial charge in [-0.25, -0.2) is 0 Å². The van der Waals surface area contributed by atoms with E-state index in [9.17, 15) is 0 Å². The van der Waals surface area contributed by atoms with Crippen molar-refractivity contribution in [2.45, 2.75) is 0 Å². The van der Waals surface area contributed by atoms with Gasteiger partial charge in [-0.3, -0.25) is 0 Å². The van der Waals surface area contributed by atoms with E-state index >= 15 is 0 Å². The van der Waals surface area contributed by atoms with E-state index in [2.05, 4.69) is 163 Å². The van der Waals surface area contributed by atoms with E-state index in [1.165, 1.54) is 52.8 Å². The highest BCUT2D eigenvalue weighted by atomic mass is 32.1. The molecule has 0 aliphatic rings. The fourth-order valence-electron chi connectivity index (χ4n) is 7.27. The first-order valence-electron chi connectivity index (χ1n) is 15.9. The van der Waals surface area contributed by atoms with Gasteiger partial charge in [0, 0.05) is 42.3 Å². The molecule has 3 heteroatoms. The Kier molecular flexibility index (Phi) is 5.78. The third-order valence-corrected chi connectivity index (χ3v) is 10.6. The Balaban J connectivity index is 1.19. The summed E-state index contributed by atoms with van der Waals surface area (Å²) in [4.78, 5) is 2.35. The summed E-state index contributed by atoms with van der Waals surface area (Å²) in [6.45, 7) is 0. The third kappa shape index (κ3) is 4.10.